The Kier molecular flexibility index (Phi) is 12.6. The third-order valence-corrected chi connectivity index (χ3v) is 14.5. The number of hydrogen-bond donors (Lipinski definition) is 2. The molecule has 2 amide bonds. The molecule has 9 rings (SSSR count). The van der Waals surface area contributed by atoms with Crippen LogP contribution in [0.4, 0.5) is 10.1 Å². The average molecular weight is 906 g/mol. The highest BCUT2D eigenvalue weighted by molar-refractivity contribution is 7.10. The Bertz CT molecular complexity index is 2620. The first-order chi connectivity index (χ1) is 31.2. The zero-order chi connectivity index (χ0) is 45.7. The molecule has 65 heavy (non-hydrogen) atoms. The normalized spacial score (nSPS) is 23.3. The molecule has 0 unspecified atom stereocenters. The first kappa shape index (κ1) is 44.9. The molecule has 4 aliphatic rings. The third kappa shape index (κ3) is 9.02. The molecule has 16 heteroatoms. The number of nitrogens with one attached hydrogen (secondary N) is 2. The molecular formula is C49H60FN9O5S. The number of benzene rings is 1. The van der Waals surface area contributed by atoms with Gasteiger partial charge in [0.05, 0.1) is 52.2 Å². The number of carbonyl (C=O) groups is 3. The Morgan fingerprint density at radius 1 is 1.11 bits per heavy atom. The van der Waals surface area contributed by atoms with Crippen LogP contribution >= 0.6 is 11.3 Å². The lowest BCUT2D eigenvalue weighted by atomic mass is 9.93. The van der Waals surface area contributed by atoms with E-state index in [-0.39, 0.29) is 42.8 Å². The minimum Gasteiger partial charge on any atom is -0.464 e. The highest BCUT2D eigenvalue weighted by Gasteiger charge is 2.46. The molecule has 5 atom stereocenters. The molecule has 344 valence electrons. The summed E-state index contributed by atoms with van der Waals surface area (Å²) in [5, 5.41) is 7.67. The maximum atomic E-state index is 17.8. The SMILES string of the molecule is CCc1c(-c2cc(N3CCN(C)CC3)cnc2[C@H](C)OC)n2c3c(F)c(ccc13)-c1csc(n1)C[C@H](NC(=O)[C@@H]1C[C@H]1c1cncc(C)c1)C(=O)N1CCC[C@H](N1)C(=O)OCC(C)(C)C2. The van der Waals surface area contributed by atoms with Crippen molar-refractivity contribution < 1.29 is 28.2 Å². The number of pyridine rings is 2. The van der Waals surface area contributed by atoms with Gasteiger partial charge in [-0.1, -0.05) is 32.9 Å². The smallest absolute Gasteiger partial charge is 0.324 e. The molecule has 4 aromatic heterocycles. The number of thiazole rings is 1. The number of piperazine rings is 1. The summed E-state index contributed by atoms with van der Waals surface area (Å²) in [5.41, 5.74) is 10.1. The number of cyclic esters (lactones) is 1. The minimum absolute atomic E-state index is 0.0115. The van der Waals surface area contributed by atoms with Gasteiger partial charge in [-0.2, -0.15) is 0 Å². The van der Waals surface area contributed by atoms with Crippen LogP contribution in [-0.2, 0) is 43.2 Å². The number of amides is 2. The fraction of sp³-hybridized carbons (Fsp3) is 0.510. The predicted octanol–water partition coefficient (Wildman–Crippen LogP) is 6.60. The van der Waals surface area contributed by atoms with Gasteiger partial charge in [-0.3, -0.25) is 29.4 Å². The summed E-state index contributed by atoms with van der Waals surface area (Å²) in [6, 6.07) is 6.24. The number of aryl methyl sites for hydroxylation is 2. The van der Waals surface area contributed by atoms with E-state index in [2.05, 4.69) is 50.1 Å². The molecule has 5 aromatic rings. The number of anilines is 1. The summed E-state index contributed by atoms with van der Waals surface area (Å²) in [5.74, 6) is -1.79. The van der Waals surface area contributed by atoms with Crippen molar-refractivity contribution in [3.8, 4) is 22.5 Å². The van der Waals surface area contributed by atoms with Crippen molar-refractivity contribution in [2.75, 3.05) is 58.4 Å². The largest absolute Gasteiger partial charge is 0.464 e. The quantitative estimate of drug-likeness (QED) is 0.163. The summed E-state index contributed by atoms with van der Waals surface area (Å²) in [4.78, 5) is 61.2. The molecular weight excluding hydrogens is 846 g/mol. The topological polar surface area (TPSA) is 147 Å². The van der Waals surface area contributed by atoms with Crippen LogP contribution in [0.3, 0.4) is 0 Å². The molecule has 14 nitrogen and oxygen atoms in total. The lowest BCUT2D eigenvalue weighted by molar-refractivity contribution is -0.155. The van der Waals surface area contributed by atoms with Crippen molar-refractivity contribution >= 4 is 45.7 Å². The van der Waals surface area contributed by atoms with Crippen molar-refractivity contribution in [3.05, 3.63) is 81.4 Å². The van der Waals surface area contributed by atoms with Gasteiger partial charge in [-0.25, -0.2) is 14.8 Å². The summed E-state index contributed by atoms with van der Waals surface area (Å²) < 4.78 is 31.9. The van der Waals surface area contributed by atoms with Gasteiger partial charge >= 0.3 is 5.97 Å². The van der Waals surface area contributed by atoms with E-state index in [9.17, 15) is 14.4 Å². The number of esters is 1. The van der Waals surface area contributed by atoms with Gasteiger partial charge in [-0.15, -0.1) is 11.3 Å². The van der Waals surface area contributed by atoms with Crippen LogP contribution in [0.15, 0.2) is 48.2 Å². The number of ether oxygens (including phenoxy) is 2. The van der Waals surface area contributed by atoms with E-state index >= 15 is 4.39 Å². The number of rotatable bonds is 8. The van der Waals surface area contributed by atoms with Crippen molar-refractivity contribution in [3.63, 3.8) is 0 Å². The van der Waals surface area contributed by atoms with Crippen LogP contribution < -0.4 is 15.6 Å². The van der Waals surface area contributed by atoms with Gasteiger partial charge < -0.3 is 29.2 Å². The Morgan fingerprint density at radius 2 is 1.91 bits per heavy atom. The number of aromatic nitrogens is 4. The second kappa shape index (κ2) is 18.2. The molecule has 0 spiro atoms. The van der Waals surface area contributed by atoms with E-state index in [1.165, 1.54) is 16.3 Å². The number of likely N-dealkylation sites (N-methyl/N-ethyl adjacent to an activating group) is 1. The van der Waals surface area contributed by atoms with Gasteiger partial charge in [0.2, 0.25) is 5.91 Å². The van der Waals surface area contributed by atoms with Gasteiger partial charge in [0.1, 0.15) is 12.1 Å². The highest BCUT2D eigenvalue weighted by atomic mass is 32.1. The highest BCUT2D eigenvalue weighted by Crippen LogP contribution is 2.48. The molecule has 2 saturated heterocycles. The summed E-state index contributed by atoms with van der Waals surface area (Å²) >= 11 is 1.32. The van der Waals surface area contributed by atoms with Crippen molar-refractivity contribution in [1.29, 1.82) is 0 Å². The molecule has 6 bridgehead atoms. The number of methoxy groups -OCH3 is 1. The fourth-order valence-corrected chi connectivity index (χ4v) is 10.6. The van der Waals surface area contributed by atoms with E-state index in [1.807, 2.05) is 51.4 Å². The maximum Gasteiger partial charge on any atom is 0.324 e. The van der Waals surface area contributed by atoms with E-state index < -0.39 is 29.3 Å². The standard InChI is InChI=1S/C49H60FN9O5S/c1-8-32-33-11-12-34-40-25-65-41(53-40)21-39(54-46(60)36-20-35(36)30-18-28(2)22-51-23-30)47(61)59-13-9-10-38(55-59)48(62)64-27-49(4,5)26-58(45(33)42(34)50)44(32)37-19-31(24-52-43(37)29(3)63-7)57-16-14-56(6)15-17-57/h11-12,18-19,22-25,29,35-36,38-39,55H,8-10,13-17,20-21,26-27H2,1-7H3,(H,54,60)/t29-,35-,36+,38-,39-/m0/s1. The summed E-state index contributed by atoms with van der Waals surface area (Å²) in [7, 11) is 3.80. The first-order valence-corrected chi connectivity index (χ1v) is 23.8. The van der Waals surface area contributed by atoms with Crippen molar-refractivity contribution in [1.82, 2.24) is 40.2 Å². The van der Waals surface area contributed by atoms with Gasteiger partial charge in [-0.05, 0) is 81.3 Å². The lowest BCUT2D eigenvalue weighted by Crippen LogP contribution is -2.60. The molecule has 0 radical (unpaired) electrons. The van der Waals surface area contributed by atoms with Gasteiger partial charge in [0.25, 0.3) is 5.91 Å². The second-order valence-electron chi connectivity index (χ2n) is 19.1. The summed E-state index contributed by atoms with van der Waals surface area (Å²) in [6.07, 6.45) is 7.53. The van der Waals surface area contributed by atoms with Crippen molar-refractivity contribution in [2.24, 2.45) is 11.3 Å². The van der Waals surface area contributed by atoms with E-state index in [1.54, 1.807) is 25.6 Å². The van der Waals surface area contributed by atoms with E-state index in [0.717, 1.165) is 70.9 Å². The lowest BCUT2D eigenvalue weighted by Gasteiger charge is -2.35. The first-order valence-electron chi connectivity index (χ1n) is 22.9. The predicted molar refractivity (Wildman–Crippen MR) is 249 cm³/mol. The molecule has 2 N–H and O–H groups in total. The van der Waals surface area contributed by atoms with Crippen LogP contribution in [0.5, 0.6) is 0 Å². The fourth-order valence-electron chi connectivity index (χ4n) is 9.78. The van der Waals surface area contributed by atoms with Crippen LogP contribution in [0.2, 0.25) is 0 Å². The molecule has 3 aliphatic heterocycles. The number of nitrogens with zero attached hydrogens (tertiary/aromatic N) is 7. The molecule has 1 aromatic carbocycles. The Balaban J connectivity index is 1.14. The van der Waals surface area contributed by atoms with Crippen LogP contribution in [0.1, 0.15) is 86.4 Å². The maximum absolute atomic E-state index is 17.8. The Hall–Kier alpha value is -5.29. The van der Waals surface area contributed by atoms with Crippen LogP contribution in [-0.4, -0.2) is 113 Å². The molecule has 1 aliphatic carbocycles. The van der Waals surface area contributed by atoms with Gasteiger partial charge in [0, 0.05) is 98.4 Å². The van der Waals surface area contributed by atoms with E-state index in [4.69, 9.17) is 19.4 Å². The number of hydrazine groups is 1. The van der Waals surface area contributed by atoms with Crippen LogP contribution in [0, 0.1) is 24.1 Å². The Labute approximate surface area is 383 Å². The number of fused-ring (bicyclic) bond motifs is 6. The Morgan fingerprint density at radius 3 is 2.66 bits per heavy atom. The van der Waals surface area contributed by atoms with Gasteiger partial charge in [0.15, 0.2) is 5.82 Å². The van der Waals surface area contributed by atoms with E-state index in [0.29, 0.717) is 60.6 Å². The molecule has 1 saturated carbocycles. The number of hydrogen-bond acceptors (Lipinski definition) is 12. The number of carbonyl (C=O) groups excluding carboxylic acids is 3. The number of halogens is 1. The monoisotopic (exact) mass is 905 g/mol. The third-order valence-electron chi connectivity index (χ3n) is 13.6. The average Bonchev–Trinajstić information content (AvgIpc) is 3.88. The molecule has 3 fully saturated rings. The molecule has 7 heterocycles. The zero-order valence-corrected chi connectivity index (χ0v) is 39.3. The zero-order valence-electron chi connectivity index (χ0n) is 38.4. The van der Waals surface area contributed by atoms with Crippen LogP contribution in [0.25, 0.3) is 33.4 Å². The minimum atomic E-state index is -0.989. The summed E-state index contributed by atoms with van der Waals surface area (Å²) in [6.45, 7) is 14.3. The van der Waals surface area contributed by atoms with Crippen molar-refractivity contribution in [2.45, 2.75) is 97.4 Å². The second-order valence-corrected chi connectivity index (χ2v) is 20.0.